The zero-order valence-corrected chi connectivity index (χ0v) is 19.7. The van der Waals surface area contributed by atoms with Crippen molar-refractivity contribution in [2.75, 3.05) is 0 Å². The van der Waals surface area contributed by atoms with Crippen molar-refractivity contribution in [2.24, 2.45) is 5.10 Å². The summed E-state index contributed by atoms with van der Waals surface area (Å²) < 4.78 is 7.91. The van der Waals surface area contributed by atoms with Crippen molar-refractivity contribution in [3.05, 3.63) is 82.1 Å². The normalized spacial score (nSPS) is 10.9. The maximum Gasteiger partial charge on any atom is 0.281 e. The molecule has 0 bridgehead atoms. The Labute approximate surface area is 193 Å². The van der Waals surface area contributed by atoms with Gasteiger partial charge in [-0.1, -0.05) is 29.8 Å². The first-order valence-electron chi connectivity index (χ1n) is 7.76. The highest BCUT2D eigenvalue weighted by molar-refractivity contribution is 14.1. The van der Waals surface area contributed by atoms with Gasteiger partial charge >= 0.3 is 0 Å². The second-order valence-corrected chi connectivity index (χ2v) is 9.11. The van der Waals surface area contributed by atoms with E-state index in [1.54, 1.807) is 12.3 Å². The third kappa shape index (κ3) is 5.90. The second-order valence-electron chi connectivity index (χ2n) is 5.41. The molecule has 2 aromatic carbocycles. The summed E-state index contributed by atoms with van der Waals surface area (Å²) in [6.45, 7) is 0.466. The van der Waals surface area contributed by atoms with Crippen molar-refractivity contribution in [3.63, 3.8) is 0 Å². The number of nitrogens with one attached hydrogen (secondary N) is 1. The average Bonchev–Trinajstić information content (AvgIpc) is 3.17. The van der Waals surface area contributed by atoms with Crippen LogP contribution in [0.1, 0.15) is 20.8 Å². The van der Waals surface area contributed by atoms with E-state index >= 15 is 0 Å². The van der Waals surface area contributed by atoms with Gasteiger partial charge in [0.15, 0.2) is 0 Å². The van der Waals surface area contributed by atoms with E-state index in [0.29, 0.717) is 16.5 Å². The fourth-order valence-electron chi connectivity index (χ4n) is 2.16. The number of hydrogen-bond acceptors (Lipinski definition) is 4. The van der Waals surface area contributed by atoms with Gasteiger partial charge in [0, 0.05) is 5.02 Å². The van der Waals surface area contributed by atoms with Gasteiger partial charge in [0.25, 0.3) is 5.91 Å². The molecular formula is C19H13ClI2N2O2S. The van der Waals surface area contributed by atoms with E-state index in [9.17, 15) is 4.79 Å². The van der Waals surface area contributed by atoms with E-state index in [2.05, 4.69) is 55.7 Å². The molecule has 0 aliphatic heterocycles. The molecule has 1 N–H and O–H groups in total. The topological polar surface area (TPSA) is 50.7 Å². The Morgan fingerprint density at radius 1 is 1.19 bits per heavy atom. The molecule has 8 heteroatoms. The molecule has 4 nitrogen and oxygen atoms in total. The molecule has 0 saturated carbocycles. The Hall–Kier alpha value is -1.17. The van der Waals surface area contributed by atoms with Crippen molar-refractivity contribution < 1.29 is 9.53 Å². The fourth-order valence-corrected chi connectivity index (χ4v) is 5.02. The highest BCUT2D eigenvalue weighted by Crippen LogP contribution is 2.29. The number of hydrogen-bond donors (Lipinski definition) is 1. The van der Waals surface area contributed by atoms with Crippen LogP contribution < -0.4 is 10.2 Å². The molecular weight excluding hydrogens is 610 g/mol. The Morgan fingerprint density at radius 3 is 2.52 bits per heavy atom. The van der Waals surface area contributed by atoms with Gasteiger partial charge in [-0.3, -0.25) is 4.79 Å². The molecule has 3 aromatic rings. The molecule has 0 aliphatic rings. The van der Waals surface area contributed by atoms with Gasteiger partial charge in [0.2, 0.25) is 0 Å². The molecule has 1 amide bonds. The summed E-state index contributed by atoms with van der Waals surface area (Å²) in [7, 11) is 0. The number of benzene rings is 2. The smallest absolute Gasteiger partial charge is 0.281 e. The van der Waals surface area contributed by atoms with Gasteiger partial charge in [-0.05, 0) is 92.0 Å². The lowest BCUT2D eigenvalue weighted by Crippen LogP contribution is -2.16. The van der Waals surface area contributed by atoms with E-state index in [0.717, 1.165) is 24.0 Å². The molecule has 0 atom stereocenters. The van der Waals surface area contributed by atoms with Crippen LogP contribution in [0.3, 0.4) is 0 Å². The van der Waals surface area contributed by atoms with Crippen molar-refractivity contribution in [3.8, 4) is 5.75 Å². The number of carbonyl (C=O) groups excluding carboxylic acids is 1. The summed E-state index contributed by atoms with van der Waals surface area (Å²) in [4.78, 5) is 12.5. The van der Waals surface area contributed by atoms with Gasteiger partial charge in [0.1, 0.15) is 12.4 Å². The van der Waals surface area contributed by atoms with E-state index < -0.39 is 0 Å². The van der Waals surface area contributed by atoms with Crippen molar-refractivity contribution in [2.45, 2.75) is 6.61 Å². The highest BCUT2D eigenvalue weighted by atomic mass is 127. The van der Waals surface area contributed by atoms with Crippen molar-refractivity contribution >= 4 is 80.2 Å². The number of thiophene rings is 1. The first-order chi connectivity index (χ1) is 13.0. The van der Waals surface area contributed by atoms with Crippen LogP contribution in [0.2, 0.25) is 5.02 Å². The molecule has 0 unspecified atom stereocenters. The van der Waals surface area contributed by atoms with Crippen LogP contribution in [0.25, 0.3) is 0 Å². The molecule has 3 rings (SSSR count). The number of amides is 1. The third-order valence-electron chi connectivity index (χ3n) is 3.44. The summed E-state index contributed by atoms with van der Waals surface area (Å²) >= 11 is 11.8. The van der Waals surface area contributed by atoms with Gasteiger partial charge in [-0.25, -0.2) is 5.43 Å². The van der Waals surface area contributed by atoms with Crippen LogP contribution >= 0.6 is 68.1 Å². The van der Waals surface area contributed by atoms with E-state index in [1.807, 2.05) is 47.8 Å². The minimum Gasteiger partial charge on any atom is -0.487 e. The second kappa shape index (κ2) is 9.85. The summed E-state index contributed by atoms with van der Waals surface area (Å²) in [5.74, 6) is 0.611. The molecule has 0 saturated heterocycles. The van der Waals surface area contributed by atoms with Crippen LogP contribution in [0.5, 0.6) is 5.75 Å². The monoisotopic (exact) mass is 622 g/mol. The SMILES string of the molecule is O=C(N/N=C\c1cc(I)c(OCc2ccc(Cl)cc2)c(I)c1)c1cccs1. The highest BCUT2D eigenvalue weighted by Gasteiger charge is 2.09. The van der Waals surface area contributed by atoms with Crippen LogP contribution in [-0.2, 0) is 6.61 Å². The van der Waals surface area contributed by atoms with Crippen LogP contribution in [0, 0.1) is 7.14 Å². The predicted molar refractivity (Wildman–Crippen MR) is 127 cm³/mol. The first-order valence-corrected chi connectivity index (χ1v) is 11.2. The zero-order valence-electron chi connectivity index (χ0n) is 13.8. The summed E-state index contributed by atoms with van der Waals surface area (Å²) in [5, 5.41) is 6.59. The molecule has 0 spiro atoms. The maximum absolute atomic E-state index is 11.9. The van der Waals surface area contributed by atoms with E-state index in [4.69, 9.17) is 16.3 Å². The Kier molecular flexibility index (Phi) is 7.50. The van der Waals surface area contributed by atoms with Gasteiger partial charge in [-0.2, -0.15) is 5.10 Å². The summed E-state index contributed by atoms with van der Waals surface area (Å²) in [5.41, 5.74) is 4.46. The van der Waals surface area contributed by atoms with Crippen LogP contribution in [-0.4, -0.2) is 12.1 Å². The number of nitrogens with zero attached hydrogens (tertiary/aromatic N) is 1. The number of rotatable bonds is 6. The minimum atomic E-state index is -0.214. The Balaban J connectivity index is 1.64. The predicted octanol–water partition coefficient (Wildman–Crippen LogP) is 5.95. The Bertz CT molecular complexity index is 937. The molecule has 0 aliphatic carbocycles. The van der Waals surface area contributed by atoms with Crippen molar-refractivity contribution in [1.82, 2.24) is 5.43 Å². The van der Waals surface area contributed by atoms with Crippen LogP contribution in [0.4, 0.5) is 0 Å². The van der Waals surface area contributed by atoms with Crippen molar-refractivity contribution in [1.29, 1.82) is 0 Å². The van der Waals surface area contributed by atoms with E-state index in [1.165, 1.54) is 11.3 Å². The summed E-state index contributed by atoms with van der Waals surface area (Å²) in [6.07, 6.45) is 1.62. The third-order valence-corrected chi connectivity index (χ3v) is 6.16. The molecule has 27 heavy (non-hydrogen) atoms. The fraction of sp³-hybridized carbons (Fsp3) is 0.0526. The van der Waals surface area contributed by atoms with E-state index in [-0.39, 0.29) is 5.91 Å². The molecule has 1 heterocycles. The lowest BCUT2D eigenvalue weighted by Gasteiger charge is -2.11. The number of halogens is 3. The van der Waals surface area contributed by atoms with Gasteiger partial charge in [-0.15, -0.1) is 11.3 Å². The first kappa shape index (κ1) is 20.6. The number of carbonyl (C=O) groups is 1. The van der Waals surface area contributed by atoms with Gasteiger partial charge in [0.05, 0.1) is 18.2 Å². The minimum absolute atomic E-state index is 0.214. The Morgan fingerprint density at radius 2 is 1.89 bits per heavy atom. The molecule has 1 aromatic heterocycles. The van der Waals surface area contributed by atoms with Gasteiger partial charge < -0.3 is 4.74 Å². The molecule has 0 fully saturated rings. The zero-order chi connectivity index (χ0) is 19.2. The quantitative estimate of drug-likeness (QED) is 0.210. The lowest BCUT2D eigenvalue weighted by molar-refractivity contribution is 0.0959. The standard InChI is InChI=1S/C19H13ClI2N2O2S/c20-14-5-3-12(4-6-14)11-26-18-15(21)8-13(9-16(18)22)10-23-24-19(25)17-2-1-7-27-17/h1-10H,11H2,(H,24,25)/b23-10-. The summed E-state index contributed by atoms with van der Waals surface area (Å²) in [6, 6.07) is 15.1. The largest absolute Gasteiger partial charge is 0.487 e. The number of ether oxygens (including phenoxy) is 1. The number of hydrazone groups is 1. The lowest BCUT2D eigenvalue weighted by atomic mass is 10.2. The molecule has 138 valence electrons. The maximum atomic E-state index is 11.9. The average molecular weight is 623 g/mol. The van der Waals surface area contributed by atoms with Crippen LogP contribution in [0.15, 0.2) is 59.0 Å². The molecule has 0 radical (unpaired) electrons.